The molecule has 5 heteroatoms. The summed E-state index contributed by atoms with van der Waals surface area (Å²) in [5.74, 6) is 0. The second kappa shape index (κ2) is 43.7. The van der Waals surface area contributed by atoms with Gasteiger partial charge in [0.25, 0.3) is 0 Å². The van der Waals surface area contributed by atoms with E-state index in [-0.39, 0.29) is 34.5 Å². The van der Waals surface area contributed by atoms with Gasteiger partial charge in [-0.3, -0.25) is 0 Å². The summed E-state index contributed by atoms with van der Waals surface area (Å²) in [4.78, 5) is -0.105. The molecular formula is C50H93NaO3S. The molecule has 0 saturated heterocycles. The first-order valence-corrected chi connectivity index (χ1v) is 26.0. The van der Waals surface area contributed by atoms with Gasteiger partial charge in [-0.25, -0.2) is 8.42 Å². The maximum absolute atomic E-state index is 11.2. The summed E-state index contributed by atoms with van der Waals surface area (Å²) in [6, 6.07) is 6.51. The van der Waals surface area contributed by atoms with Gasteiger partial charge in [-0.15, -0.1) is 0 Å². The molecule has 1 rings (SSSR count). The zero-order valence-electron chi connectivity index (χ0n) is 37.3. The molecule has 0 N–H and O–H groups in total. The van der Waals surface area contributed by atoms with E-state index in [4.69, 9.17) is 0 Å². The maximum Gasteiger partial charge on any atom is 1.00 e. The third-order valence-electron chi connectivity index (χ3n) is 12.0. The summed E-state index contributed by atoms with van der Waals surface area (Å²) >= 11 is 0. The van der Waals surface area contributed by atoms with Crippen molar-refractivity contribution in [3.63, 3.8) is 0 Å². The molecule has 1 aromatic carbocycles. The topological polar surface area (TPSA) is 57.2 Å². The van der Waals surface area contributed by atoms with Crippen LogP contribution in [-0.4, -0.2) is 13.0 Å². The Morgan fingerprint density at radius 3 is 0.800 bits per heavy atom. The fourth-order valence-electron chi connectivity index (χ4n) is 8.33. The Bertz CT molecular complexity index is 997. The van der Waals surface area contributed by atoms with Gasteiger partial charge in [-0.05, 0) is 30.5 Å². The fraction of sp³-hybridized carbons (Fsp3) is 0.880. The van der Waals surface area contributed by atoms with Gasteiger partial charge in [0, 0.05) is 0 Å². The van der Waals surface area contributed by atoms with E-state index in [9.17, 15) is 13.0 Å². The molecular weight excluding hydrogens is 704 g/mol. The zero-order chi connectivity index (χ0) is 38.9. The van der Waals surface area contributed by atoms with Gasteiger partial charge in [0.05, 0.1) is 4.90 Å². The van der Waals surface area contributed by atoms with E-state index in [0.717, 1.165) is 18.4 Å². The number of benzene rings is 1. The standard InChI is InChI=1S/C50H94O3S.Na/c1-2-3-4-5-6-7-8-9-10-11-12-13-14-15-16-17-18-19-20-21-22-23-24-25-26-27-28-29-30-31-32-33-34-35-36-37-38-39-40-41-42-43-45-49-46-44-47-50(48-49)54(51,52)53;/h44,46-48H,2-43,45H2,1H3,(H,51,52,53);/q;+1/p-1. The average Bonchev–Trinajstić information content (AvgIpc) is 3.16. The van der Waals surface area contributed by atoms with Gasteiger partial charge >= 0.3 is 29.6 Å². The minimum Gasteiger partial charge on any atom is -0.744 e. The van der Waals surface area contributed by atoms with Crippen LogP contribution in [0.5, 0.6) is 0 Å². The molecule has 318 valence electrons. The molecule has 0 aromatic heterocycles. The Hall–Kier alpha value is 0.130. The van der Waals surface area contributed by atoms with Crippen molar-refractivity contribution < 1.29 is 42.5 Å². The number of hydrogen-bond donors (Lipinski definition) is 0. The molecule has 3 nitrogen and oxygen atoms in total. The molecule has 55 heavy (non-hydrogen) atoms. The first kappa shape index (κ1) is 55.1. The molecule has 0 radical (unpaired) electrons. The minimum atomic E-state index is -4.35. The van der Waals surface area contributed by atoms with Crippen molar-refractivity contribution in [1.82, 2.24) is 0 Å². The monoisotopic (exact) mass is 797 g/mol. The third kappa shape index (κ3) is 40.7. The van der Waals surface area contributed by atoms with Crippen molar-refractivity contribution >= 4 is 10.1 Å². The normalized spacial score (nSPS) is 11.7. The summed E-state index contributed by atoms with van der Waals surface area (Å²) in [5.41, 5.74) is 0.953. The van der Waals surface area contributed by atoms with Crippen LogP contribution in [0.4, 0.5) is 0 Å². The Kier molecular flexibility index (Phi) is 43.8. The number of hydrogen-bond acceptors (Lipinski definition) is 3. The van der Waals surface area contributed by atoms with Crippen LogP contribution in [0.2, 0.25) is 0 Å². The van der Waals surface area contributed by atoms with Gasteiger partial charge in [0.1, 0.15) is 10.1 Å². The molecule has 0 saturated carbocycles. The van der Waals surface area contributed by atoms with Crippen LogP contribution < -0.4 is 29.6 Å². The Morgan fingerprint density at radius 2 is 0.582 bits per heavy atom. The molecule has 0 heterocycles. The van der Waals surface area contributed by atoms with E-state index in [2.05, 4.69) is 6.92 Å². The van der Waals surface area contributed by atoms with Gasteiger partial charge < -0.3 is 4.55 Å². The summed E-state index contributed by atoms with van der Waals surface area (Å²) in [6.45, 7) is 2.31. The van der Waals surface area contributed by atoms with Crippen LogP contribution in [-0.2, 0) is 16.5 Å². The number of unbranched alkanes of at least 4 members (excludes halogenated alkanes) is 41. The molecule has 0 aliphatic heterocycles. The predicted octanol–water partition coefficient (Wildman–Crippen LogP) is 14.5. The van der Waals surface area contributed by atoms with E-state index >= 15 is 0 Å². The molecule has 0 amide bonds. The predicted molar refractivity (Wildman–Crippen MR) is 238 cm³/mol. The van der Waals surface area contributed by atoms with Crippen LogP contribution in [0.3, 0.4) is 0 Å². The van der Waals surface area contributed by atoms with Gasteiger partial charge in [0.15, 0.2) is 0 Å². The SMILES string of the molecule is CCCCCCCCCCCCCCCCCCCCCCCCCCCCCCCCCCCCCCCCCCCCc1cccc(S(=O)(=O)[O-])c1.[Na+]. The molecule has 0 atom stereocenters. The first-order chi connectivity index (χ1) is 26.5. The van der Waals surface area contributed by atoms with E-state index in [1.807, 2.05) is 6.07 Å². The van der Waals surface area contributed by atoms with Crippen molar-refractivity contribution in [2.45, 2.75) is 288 Å². The molecule has 0 unspecified atom stereocenters. The van der Waals surface area contributed by atoms with E-state index in [1.165, 1.54) is 275 Å². The second-order valence-corrected chi connectivity index (χ2v) is 18.7. The fourth-order valence-corrected chi connectivity index (χ4v) is 8.87. The average molecular weight is 797 g/mol. The molecule has 0 bridgehead atoms. The summed E-state index contributed by atoms with van der Waals surface area (Å²) in [6.07, 6.45) is 60.9. The summed E-state index contributed by atoms with van der Waals surface area (Å²) < 4.78 is 33.5. The Morgan fingerprint density at radius 1 is 0.364 bits per heavy atom. The molecule has 0 fully saturated rings. The Labute approximate surface area is 368 Å². The van der Waals surface area contributed by atoms with Crippen molar-refractivity contribution in [3.8, 4) is 0 Å². The van der Waals surface area contributed by atoms with Gasteiger partial charge in [-0.2, -0.15) is 0 Å². The molecule has 0 spiro atoms. The van der Waals surface area contributed by atoms with Crippen molar-refractivity contribution in [2.75, 3.05) is 0 Å². The number of rotatable bonds is 44. The third-order valence-corrected chi connectivity index (χ3v) is 12.8. The minimum absolute atomic E-state index is 0. The smallest absolute Gasteiger partial charge is 0.744 e. The first-order valence-electron chi connectivity index (χ1n) is 24.6. The van der Waals surface area contributed by atoms with Crippen LogP contribution in [0, 0.1) is 0 Å². The summed E-state index contributed by atoms with van der Waals surface area (Å²) in [7, 11) is -4.35. The van der Waals surface area contributed by atoms with Crippen LogP contribution in [0.15, 0.2) is 29.2 Å². The quantitative estimate of drug-likeness (QED) is 0.0375. The second-order valence-electron chi connectivity index (χ2n) is 17.3. The molecule has 1 aromatic rings. The van der Waals surface area contributed by atoms with Crippen LogP contribution in [0.25, 0.3) is 0 Å². The van der Waals surface area contributed by atoms with Crippen LogP contribution in [0.1, 0.15) is 282 Å². The van der Waals surface area contributed by atoms with Crippen molar-refractivity contribution in [2.24, 2.45) is 0 Å². The Balaban J connectivity index is 0.0000292. The number of aryl methyl sites for hydroxylation is 1. The largest absolute Gasteiger partial charge is 1.00 e. The summed E-state index contributed by atoms with van der Waals surface area (Å²) in [5, 5.41) is 0. The van der Waals surface area contributed by atoms with Gasteiger partial charge in [-0.1, -0.05) is 282 Å². The van der Waals surface area contributed by atoms with Crippen molar-refractivity contribution in [3.05, 3.63) is 29.8 Å². The van der Waals surface area contributed by atoms with Crippen LogP contribution >= 0.6 is 0 Å². The van der Waals surface area contributed by atoms with E-state index in [1.54, 1.807) is 6.07 Å². The van der Waals surface area contributed by atoms with Gasteiger partial charge in [0.2, 0.25) is 0 Å². The van der Waals surface area contributed by atoms with E-state index < -0.39 is 10.1 Å². The zero-order valence-corrected chi connectivity index (χ0v) is 40.2. The maximum atomic E-state index is 11.2. The van der Waals surface area contributed by atoms with Crippen molar-refractivity contribution in [1.29, 1.82) is 0 Å². The van der Waals surface area contributed by atoms with E-state index in [0.29, 0.717) is 0 Å². The molecule has 0 aliphatic rings. The molecule has 0 aliphatic carbocycles.